The predicted molar refractivity (Wildman–Crippen MR) is 56.2 cm³/mol. The summed E-state index contributed by atoms with van der Waals surface area (Å²) in [5.41, 5.74) is 0.742. The molecular weight excluding hydrogens is 176 g/mol. The lowest BCUT2D eigenvalue weighted by Crippen LogP contribution is -2.32. The molecule has 1 aromatic carbocycles. The van der Waals surface area contributed by atoms with E-state index in [1.165, 1.54) is 0 Å². The van der Waals surface area contributed by atoms with E-state index in [9.17, 15) is 0 Å². The number of fused-ring (bicyclic) bond motifs is 1. The van der Waals surface area contributed by atoms with Crippen LogP contribution in [0.5, 0.6) is 5.75 Å². The van der Waals surface area contributed by atoms with E-state index < -0.39 is 0 Å². The van der Waals surface area contributed by atoms with Gasteiger partial charge in [0.15, 0.2) is 0 Å². The summed E-state index contributed by atoms with van der Waals surface area (Å²) in [4.78, 5) is 0. The third-order valence-electron chi connectivity index (χ3n) is 2.49. The molecular formula is C12H14O2. The normalized spacial score (nSPS) is 24.1. The first-order valence-electron chi connectivity index (χ1n) is 4.82. The van der Waals surface area contributed by atoms with Crippen LogP contribution >= 0.6 is 0 Å². The van der Waals surface area contributed by atoms with Gasteiger partial charge in [0.2, 0.25) is 0 Å². The highest BCUT2D eigenvalue weighted by Gasteiger charge is 2.26. The first kappa shape index (κ1) is 9.28. The molecule has 1 aliphatic rings. The van der Waals surface area contributed by atoms with Gasteiger partial charge in [0.25, 0.3) is 0 Å². The largest absolute Gasteiger partial charge is 0.483 e. The van der Waals surface area contributed by atoms with Gasteiger partial charge in [-0.3, -0.25) is 0 Å². The lowest BCUT2D eigenvalue weighted by molar-refractivity contribution is 0.101. The van der Waals surface area contributed by atoms with E-state index in [1.54, 1.807) is 0 Å². The average Bonchev–Trinajstić information content (AvgIpc) is 2.17. The lowest BCUT2D eigenvalue weighted by atomic mass is 9.97. The minimum absolute atomic E-state index is 0.142. The van der Waals surface area contributed by atoms with E-state index in [-0.39, 0.29) is 12.2 Å². The van der Waals surface area contributed by atoms with Crippen LogP contribution in [0.25, 0.3) is 6.08 Å². The van der Waals surface area contributed by atoms with Gasteiger partial charge in [0.05, 0.1) is 0 Å². The molecule has 0 radical (unpaired) electrons. The Bertz CT molecular complexity index is 357. The van der Waals surface area contributed by atoms with Crippen LogP contribution in [0, 0.1) is 0 Å². The molecule has 1 aromatic rings. The third kappa shape index (κ3) is 1.66. The molecule has 1 N–H and O–H groups in total. The molecule has 0 amide bonds. The van der Waals surface area contributed by atoms with Crippen molar-refractivity contribution in [3.8, 4) is 5.75 Å². The zero-order valence-electron chi connectivity index (χ0n) is 8.23. The summed E-state index contributed by atoms with van der Waals surface area (Å²) < 4.78 is 5.81. The van der Waals surface area contributed by atoms with E-state index in [0.29, 0.717) is 6.42 Å². The van der Waals surface area contributed by atoms with Crippen molar-refractivity contribution in [2.45, 2.75) is 18.9 Å². The van der Waals surface area contributed by atoms with Gasteiger partial charge in [-0.1, -0.05) is 24.3 Å². The molecule has 0 spiro atoms. The smallest absolute Gasteiger partial charge is 0.127 e. The van der Waals surface area contributed by atoms with Gasteiger partial charge in [-0.05, 0) is 19.1 Å². The maximum atomic E-state index is 8.92. The molecule has 2 rings (SSSR count). The van der Waals surface area contributed by atoms with Crippen LogP contribution in [0.15, 0.2) is 30.3 Å². The van der Waals surface area contributed by atoms with Crippen LogP contribution in [-0.4, -0.2) is 17.3 Å². The molecule has 74 valence electrons. The molecule has 1 aliphatic heterocycles. The zero-order valence-corrected chi connectivity index (χ0v) is 8.23. The van der Waals surface area contributed by atoms with Crippen molar-refractivity contribution in [1.82, 2.24) is 0 Å². The predicted octanol–water partition coefficient (Wildman–Crippen LogP) is 2.23. The van der Waals surface area contributed by atoms with Crippen LogP contribution in [-0.2, 0) is 0 Å². The number of benzene rings is 1. The standard InChI is InChI=1S/C12H14O2/c1-12(8-9-13)7-6-10-4-2-3-5-11(10)14-12/h2-7,13H,8-9H2,1H3. The number of hydrogen-bond donors (Lipinski definition) is 1. The summed E-state index contributed by atoms with van der Waals surface area (Å²) in [5, 5.41) is 8.92. The number of rotatable bonds is 2. The Morgan fingerprint density at radius 1 is 1.36 bits per heavy atom. The zero-order chi connectivity index (χ0) is 10.0. The van der Waals surface area contributed by atoms with E-state index >= 15 is 0 Å². The van der Waals surface area contributed by atoms with Gasteiger partial charge in [-0.25, -0.2) is 0 Å². The van der Waals surface area contributed by atoms with E-state index in [0.717, 1.165) is 11.3 Å². The van der Waals surface area contributed by atoms with Gasteiger partial charge < -0.3 is 9.84 Å². The highest BCUT2D eigenvalue weighted by molar-refractivity contribution is 5.60. The number of ether oxygens (including phenoxy) is 1. The molecule has 1 heterocycles. The Morgan fingerprint density at radius 2 is 2.14 bits per heavy atom. The molecule has 2 heteroatoms. The van der Waals surface area contributed by atoms with Gasteiger partial charge in [0.1, 0.15) is 11.4 Å². The second kappa shape index (κ2) is 3.46. The molecule has 0 bridgehead atoms. The van der Waals surface area contributed by atoms with Crippen LogP contribution < -0.4 is 4.74 Å². The minimum Gasteiger partial charge on any atom is -0.483 e. The number of para-hydroxylation sites is 1. The topological polar surface area (TPSA) is 29.5 Å². The van der Waals surface area contributed by atoms with Crippen LogP contribution in [0.2, 0.25) is 0 Å². The quantitative estimate of drug-likeness (QED) is 0.775. The maximum absolute atomic E-state index is 8.92. The molecule has 0 saturated carbocycles. The van der Waals surface area contributed by atoms with Gasteiger partial charge in [-0.15, -0.1) is 0 Å². The van der Waals surface area contributed by atoms with Crippen molar-refractivity contribution in [3.05, 3.63) is 35.9 Å². The summed E-state index contributed by atoms with van der Waals surface area (Å²) in [6, 6.07) is 7.91. The highest BCUT2D eigenvalue weighted by Crippen LogP contribution is 2.31. The summed E-state index contributed by atoms with van der Waals surface area (Å²) in [5.74, 6) is 0.894. The van der Waals surface area contributed by atoms with Crippen molar-refractivity contribution < 1.29 is 9.84 Å². The lowest BCUT2D eigenvalue weighted by Gasteiger charge is -2.30. The number of aliphatic hydroxyl groups is 1. The Balaban J connectivity index is 2.29. The first-order valence-corrected chi connectivity index (χ1v) is 4.82. The fraction of sp³-hybridized carbons (Fsp3) is 0.333. The summed E-state index contributed by atoms with van der Waals surface area (Å²) in [7, 11) is 0. The molecule has 0 saturated heterocycles. The minimum atomic E-state index is -0.358. The number of aliphatic hydroxyl groups excluding tert-OH is 1. The molecule has 14 heavy (non-hydrogen) atoms. The van der Waals surface area contributed by atoms with Crippen molar-refractivity contribution in [3.63, 3.8) is 0 Å². The Kier molecular flexibility index (Phi) is 2.30. The van der Waals surface area contributed by atoms with E-state index in [1.807, 2.05) is 37.3 Å². The fourth-order valence-corrected chi connectivity index (χ4v) is 1.62. The molecule has 2 nitrogen and oxygen atoms in total. The Labute approximate surface area is 83.8 Å². The molecule has 1 unspecified atom stereocenters. The monoisotopic (exact) mass is 190 g/mol. The van der Waals surface area contributed by atoms with Crippen molar-refractivity contribution in [2.24, 2.45) is 0 Å². The van der Waals surface area contributed by atoms with Crippen LogP contribution in [0.4, 0.5) is 0 Å². The second-order valence-corrected chi connectivity index (χ2v) is 3.76. The van der Waals surface area contributed by atoms with Crippen molar-refractivity contribution >= 4 is 6.08 Å². The Hall–Kier alpha value is -1.28. The summed E-state index contributed by atoms with van der Waals surface area (Å²) >= 11 is 0. The highest BCUT2D eigenvalue weighted by atomic mass is 16.5. The average molecular weight is 190 g/mol. The third-order valence-corrected chi connectivity index (χ3v) is 2.49. The second-order valence-electron chi connectivity index (χ2n) is 3.76. The maximum Gasteiger partial charge on any atom is 0.127 e. The van der Waals surface area contributed by atoms with E-state index in [2.05, 4.69) is 6.08 Å². The fourth-order valence-electron chi connectivity index (χ4n) is 1.62. The van der Waals surface area contributed by atoms with Crippen molar-refractivity contribution in [2.75, 3.05) is 6.61 Å². The summed E-state index contributed by atoms with van der Waals surface area (Å²) in [6.45, 7) is 2.12. The van der Waals surface area contributed by atoms with Gasteiger partial charge in [-0.2, -0.15) is 0 Å². The van der Waals surface area contributed by atoms with Crippen molar-refractivity contribution in [1.29, 1.82) is 0 Å². The first-order chi connectivity index (χ1) is 6.73. The van der Waals surface area contributed by atoms with Gasteiger partial charge in [0, 0.05) is 18.6 Å². The molecule has 0 aliphatic carbocycles. The van der Waals surface area contributed by atoms with Crippen LogP contribution in [0.3, 0.4) is 0 Å². The number of hydrogen-bond acceptors (Lipinski definition) is 2. The molecule has 0 aromatic heterocycles. The molecule has 1 atom stereocenters. The Morgan fingerprint density at radius 3 is 2.93 bits per heavy atom. The SMILES string of the molecule is CC1(CCO)C=Cc2ccccc2O1. The van der Waals surface area contributed by atoms with Gasteiger partial charge >= 0.3 is 0 Å². The van der Waals surface area contributed by atoms with Crippen LogP contribution in [0.1, 0.15) is 18.9 Å². The van der Waals surface area contributed by atoms with E-state index in [4.69, 9.17) is 9.84 Å². The molecule has 0 fully saturated rings. The summed E-state index contributed by atoms with van der Waals surface area (Å²) in [6.07, 6.45) is 4.68.